The molecule has 240 valence electrons. The average molecular weight is 689 g/mol. The molecule has 0 spiro atoms. The Morgan fingerprint density at radius 1 is 0.913 bits per heavy atom. The number of hydrazine groups is 1. The summed E-state index contributed by atoms with van der Waals surface area (Å²) in [7, 11) is 3.07. The van der Waals surface area contributed by atoms with E-state index in [9.17, 15) is 4.79 Å². The zero-order valence-electron chi connectivity index (χ0n) is 25.8. The lowest BCUT2D eigenvalue weighted by molar-refractivity contribution is -0.131. The summed E-state index contributed by atoms with van der Waals surface area (Å²) in [6, 6.07) is 33.3. The Labute approximate surface area is 277 Å². The molecule has 1 aliphatic heterocycles. The van der Waals surface area contributed by atoms with Crippen LogP contribution in [0.4, 0.5) is 0 Å². The fraction of sp³-hybridized carbons (Fsp3) is 0.278. The summed E-state index contributed by atoms with van der Waals surface area (Å²) in [4.78, 5) is 19.5. The van der Waals surface area contributed by atoms with Gasteiger partial charge in [0.2, 0.25) is 5.90 Å². The molecule has 0 bridgehead atoms. The van der Waals surface area contributed by atoms with E-state index in [-0.39, 0.29) is 25.5 Å². The molecule has 0 aliphatic carbocycles. The molecule has 0 radical (unpaired) electrons. The van der Waals surface area contributed by atoms with Crippen LogP contribution in [0.1, 0.15) is 29.2 Å². The fourth-order valence-electron chi connectivity index (χ4n) is 5.28. The molecule has 1 heterocycles. The second-order valence-electron chi connectivity index (χ2n) is 10.8. The number of carbonyl (C=O) groups is 1. The Balaban J connectivity index is 1.55. The maximum atomic E-state index is 14.4. The van der Waals surface area contributed by atoms with Gasteiger partial charge in [0.1, 0.15) is 5.75 Å². The van der Waals surface area contributed by atoms with Crippen LogP contribution in [-0.4, -0.2) is 62.7 Å². The standard InChI is InChI=1S/C36H38BrN3O6/c1-43-32(44-2)24-38-40-35(42)36(23-29-11-6-7-12-31(29)37)33(27-15-13-26(14-16-27)25-9-4-3-5-10-25)46-34(39-36)28-17-19-30(20-18-28)45-22-8-21-41/h3-7,9-20,32-33,38,41H,8,21-24H2,1-2H3,(H,40,42)/t33-,36-/m0/s1. The number of aliphatic imine (C=N–C) groups is 1. The predicted octanol–water partition coefficient (Wildman–Crippen LogP) is 5.62. The van der Waals surface area contributed by atoms with Crippen LogP contribution in [0.5, 0.6) is 5.75 Å². The van der Waals surface area contributed by atoms with Gasteiger partial charge in [-0.1, -0.05) is 88.7 Å². The summed E-state index contributed by atoms with van der Waals surface area (Å²) >= 11 is 3.67. The molecule has 3 N–H and O–H groups in total. The van der Waals surface area contributed by atoms with Gasteiger partial charge in [-0.2, -0.15) is 0 Å². The monoisotopic (exact) mass is 687 g/mol. The number of amides is 1. The Kier molecular flexibility index (Phi) is 11.6. The highest BCUT2D eigenvalue weighted by molar-refractivity contribution is 9.10. The highest BCUT2D eigenvalue weighted by Gasteiger charge is 2.53. The smallest absolute Gasteiger partial charge is 0.266 e. The van der Waals surface area contributed by atoms with Crippen LogP contribution in [0.25, 0.3) is 11.1 Å². The average Bonchev–Trinajstić information content (AvgIpc) is 3.49. The number of nitrogens with one attached hydrogen (secondary N) is 2. The van der Waals surface area contributed by atoms with Crippen molar-refractivity contribution in [1.82, 2.24) is 10.9 Å². The van der Waals surface area contributed by atoms with Crippen molar-refractivity contribution in [2.45, 2.75) is 30.8 Å². The lowest BCUT2D eigenvalue weighted by atomic mass is 9.82. The number of rotatable bonds is 15. The largest absolute Gasteiger partial charge is 0.494 e. The van der Waals surface area contributed by atoms with Gasteiger partial charge in [0.15, 0.2) is 17.9 Å². The first-order valence-electron chi connectivity index (χ1n) is 15.1. The minimum absolute atomic E-state index is 0.0601. The van der Waals surface area contributed by atoms with Crippen molar-refractivity contribution in [3.8, 4) is 16.9 Å². The van der Waals surface area contributed by atoms with Crippen LogP contribution >= 0.6 is 15.9 Å². The van der Waals surface area contributed by atoms with E-state index in [2.05, 4.69) is 38.9 Å². The molecule has 46 heavy (non-hydrogen) atoms. The van der Waals surface area contributed by atoms with Gasteiger partial charge in [0.25, 0.3) is 5.91 Å². The number of aliphatic hydroxyl groups is 1. The van der Waals surface area contributed by atoms with Crippen molar-refractivity contribution in [1.29, 1.82) is 0 Å². The Morgan fingerprint density at radius 2 is 1.57 bits per heavy atom. The van der Waals surface area contributed by atoms with Gasteiger partial charge >= 0.3 is 0 Å². The number of nitrogens with zero attached hydrogens (tertiary/aromatic N) is 1. The third-order valence-electron chi connectivity index (χ3n) is 7.76. The topological polar surface area (TPSA) is 111 Å². The van der Waals surface area contributed by atoms with Gasteiger partial charge in [-0.25, -0.2) is 10.4 Å². The van der Waals surface area contributed by atoms with E-state index in [0.717, 1.165) is 26.7 Å². The summed E-state index contributed by atoms with van der Waals surface area (Å²) in [5.41, 5.74) is 8.96. The number of carbonyl (C=O) groups excluding carboxylic acids is 1. The lowest BCUT2D eigenvalue weighted by Gasteiger charge is -2.31. The first kappa shape index (κ1) is 33.3. The number of hydrogen-bond acceptors (Lipinski definition) is 8. The van der Waals surface area contributed by atoms with Crippen molar-refractivity contribution in [3.05, 3.63) is 124 Å². The highest BCUT2D eigenvalue weighted by atomic mass is 79.9. The number of benzene rings is 4. The molecular weight excluding hydrogens is 650 g/mol. The molecule has 0 unspecified atom stereocenters. The van der Waals surface area contributed by atoms with Crippen molar-refractivity contribution >= 4 is 27.7 Å². The third-order valence-corrected chi connectivity index (χ3v) is 8.54. The van der Waals surface area contributed by atoms with Crippen LogP contribution in [0.3, 0.4) is 0 Å². The number of aliphatic hydroxyl groups excluding tert-OH is 1. The molecular formula is C36H38BrN3O6. The van der Waals surface area contributed by atoms with Gasteiger partial charge in [0.05, 0.1) is 13.2 Å². The molecule has 9 nitrogen and oxygen atoms in total. The summed E-state index contributed by atoms with van der Waals surface area (Å²) in [6.07, 6.45) is -0.532. The molecule has 0 saturated heterocycles. The van der Waals surface area contributed by atoms with Crippen LogP contribution in [-0.2, 0) is 25.4 Å². The van der Waals surface area contributed by atoms with Crippen LogP contribution in [0.15, 0.2) is 113 Å². The van der Waals surface area contributed by atoms with E-state index in [4.69, 9.17) is 29.0 Å². The molecule has 4 aromatic rings. The third kappa shape index (κ3) is 7.83. The minimum atomic E-state index is -1.40. The highest BCUT2D eigenvalue weighted by Crippen LogP contribution is 2.43. The predicted molar refractivity (Wildman–Crippen MR) is 180 cm³/mol. The Hall–Kier alpha value is -4.06. The number of methoxy groups -OCH3 is 2. The summed E-state index contributed by atoms with van der Waals surface area (Å²) < 4.78 is 23.8. The molecule has 0 fully saturated rings. The van der Waals surface area contributed by atoms with Crippen molar-refractivity contribution < 1.29 is 28.8 Å². The maximum absolute atomic E-state index is 14.4. The zero-order chi connectivity index (χ0) is 32.4. The summed E-state index contributed by atoms with van der Waals surface area (Å²) in [5.74, 6) is 0.634. The number of ether oxygens (including phenoxy) is 4. The second kappa shape index (κ2) is 16.0. The quantitative estimate of drug-likeness (QED) is 0.0846. The molecule has 1 aliphatic rings. The molecule has 2 atom stereocenters. The zero-order valence-corrected chi connectivity index (χ0v) is 27.4. The first-order chi connectivity index (χ1) is 22.5. The van der Waals surface area contributed by atoms with E-state index in [0.29, 0.717) is 30.2 Å². The molecule has 0 aromatic heterocycles. The fourth-order valence-corrected chi connectivity index (χ4v) is 5.71. The van der Waals surface area contributed by atoms with Crippen LogP contribution < -0.4 is 15.6 Å². The van der Waals surface area contributed by atoms with Crippen molar-refractivity contribution in [2.24, 2.45) is 4.99 Å². The molecule has 5 rings (SSSR count). The second-order valence-corrected chi connectivity index (χ2v) is 11.6. The van der Waals surface area contributed by atoms with Crippen LogP contribution in [0.2, 0.25) is 0 Å². The van der Waals surface area contributed by atoms with E-state index in [1.165, 1.54) is 14.2 Å². The first-order valence-corrected chi connectivity index (χ1v) is 15.8. The molecule has 1 amide bonds. The SMILES string of the molecule is COC(CNNC(=O)[C@@]1(Cc2ccccc2Br)N=C(c2ccc(OCCCO)cc2)O[C@H]1c1ccc(-c2ccccc2)cc1)OC. The number of hydrogen-bond donors (Lipinski definition) is 3. The van der Waals surface area contributed by atoms with Crippen molar-refractivity contribution in [2.75, 3.05) is 34.0 Å². The summed E-state index contributed by atoms with van der Waals surface area (Å²) in [6.45, 7) is 0.684. The summed E-state index contributed by atoms with van der Waals surface area (Å²) in [5, 5.41) is 9.08. The van der Waals surface area contributed by atoms with Crippen LogP contribution in [0, 0.1) is 0 Å². The number of halogens is 1. The molecule has 10 heteroatoms. The normalized spacial score (nSPS) is 17.4. The molecule has 0 saturated carbocycles. The Bertz CT molecular complexity index is 1600. The van der Waals surface area contributed by atoms with E-state index in [1.807, 2.05) is 91.0 Å². The van der Waals surface area contributed by atoms with Gasteiger partial charge in [-0.15, -0.1) is 0 Å². The molecule has 4 aromatic carbocycles. The van der Waals surface area contributed by atoms with Gasteiger partial charge in [0, 0.05) is 43.7 Å². The maximum Gasteiger partial charge on any atom is 0.266 e. The van der Waals surface area contributed by atoms with E-state index in [1.54, 1.807) is 0 Å². The van der Waals surface area contributed by atoms with Gasteiger partial charge in [-0.3, -0.25) is 10.2 Å². The minimum Gasteiger partial charge on any atom is -0.494 e. The van der Waals surface area contributed by atoms with Crippen molar-refractivity contribution in [3.63, 3.8) is 0 Å². The Morgan fingerprint density at radius 3 is 2.24 bits per heavy atom. The van der Waals surface area contributed by atoms with Gasteiger partial charge < -0.3 is 24.1 Å². The van der Waals surface area contributed by atoms with E-state index >= 15 is 0 Å². The lowest BCUT2D eigenvalue weighted by Crippen LogP contribution is -2.55. The van der Waals surface area contributed by atoms with E-state index < -0.39 is 17.9 Å². The van der Waals surface area contributed by atoms with Gasteiger partial charge in [-0.05, 0) is 52.6 Å².